The minimum absolute atomic E-state index is 0.385. The number of hydrogen-bond donors (Lipinski definition) is 1. The van der Waals surface area contributed by atoms with E-state index in [-0.39, 0.29) is 6.10 Å². The van der Waals surface area contributed by atoms with Crippen LogP contribution in [0.15, 0.2) is 24.3 Å². The van der Waals surface area contributed by atoms with Crippen molar-refractivity contribution in [1.29, 1.82) is 0 Å². The van der Waals surface area contributed by atoms with E-state index < -0.39 is 0 Å². The fourth-order valence-electron chi connectivity index (χ4n) is 1.66. The largest absolute Gasteiger partial charge is 0.393 e. The summed E-state index contributed by atoms with van der Waals surface area (Å²) in [6.45, 7) is 5.74. The molecular weight excluding hydrogens is 248 g/mol. The highest BCUT2D eigenvalue weighted by Crippen LogP contribution is 2.17. The Bertz CT molecular complexity index is 339. The molecule has 3 heteroatoms. The molecule has 0 radical (unpaired) electrons. The van der Waals surface area contributed by atoms with E-state index in [9.17, 15) is 5.11 Å². The van der Waals surface area contributed by atoms with Gasteiger partial charge in [0, 0.05) is 18.2 Å². The second-order valence-electron chi connectivity index (χ2n) is 5.03. The van der Waals surface area contributed by atoms with E-state index in [1.165, 1.54) is 0 Å². The number of aliphatic hydroxyl groups is 1. The molecule has 0 fully saturated rings. The highest BCUT2D eigenvalue weighted by Gasteiger charge is 2.08. The van der Waals surface area contributed by atoms with Crippen molar-refractivity contribution in [3.8, 4) is 0 Å². The predicted molar refractivity (Wildman–Crippen MR) is 76.1 cm³/mol. The van der Waals surface area contributed by atoms with E-state index in [0.717, 1.165) is 23.6 Å². The second kappa shape index (κ2) is 8.52. The fraction of sp³-hybridized carbons (Fsp3) is 0.600. The third-order valence-electron chi connectivity index (χ3n) is 2.85. The van der Waals surface area contributed by atoms with Crippen molar-refractivity contribution in [2.45, 2.75) is 39.2 Å². The van der Waals surface area contributed by atoms with Crippen molar-refractivity contribution in [2.24, 2.45) is 5.92 Å². The van der Waals surface area contributed by atoms with E-state index >= 15 is 0 Å². The molecule has 0 saturated heterocycles. The van der Waals surface area contributed by atoms with Gasteiger partial charge >= 0.3 is 0 Å². The lowest BCUT2D eigenvalue weighted by molar-refractivity contribution is 0.0769. The van der Waals surface area contributed by atoms with E-state index in [1.54, 1.807) is 0 Å². The molecule has 0 aliphatic carbocycles. The van der Waals surface area contributed by atoms with Gasteiger partial charge in [-0.15, -0.1) is 0 Å². The lowest BCUT2D eigenvalue weighted by atomic mass is 10.1. The van der Waals surface area contributed by atoms with Gasteiger partial charge in [-0.2, -0.15) is 0 Å². The van der Waals surface area contributed by atoms with Crippen LogP contribution in [-0.2, 0) is 11.2 Å². The minimum atomic E-state index is -0.385. The second-order valence-corrected chi connectivity index (χ2v) is 5.44. The van der Waals surface area contributed by atoms with Gasteiger partial charge in [0.15, 0.2) is 0 Å². The molecule has 0 aromatic heterocycles. The van der Waals surface area contributed by atoms with Crippen molar-refractivity contribution in [3.05, 3.63) is 34.9 Å². The summed E-state index contributed by atoms with van der Waals surface area (Å²) in [5.41, 5.74) is 0.994. The van der Waals surface area contributed by atoms with Crippen molar-refractivity contribution < 1.29 is 9.84 Å². The number of aliphatic hydroxyl groups excluding tert-OH is 1. The van der Waals surface area contributed by atoms with Gasteiger partial charge in [0.05, 0.1) is 6.10 Å². The molecule has 0 spiro atoms. The first kappa shape index (κ1) is 15.5. The van der Waals surface area contributed by atoms with Gasteiger partial charge in [0.2, 0.25) is 0 Å². The summed E-state index contributed by atoms with van der Waals surface area (Å²) in [5, 5.41) is 10.6. The highest BCUT2D eigenvalue weighted by atomic mass is 35.5. The Morgan fingerprint density at radius 2 is 1.83 bits per heavy atom. The van der Waals surface area contributed by atoms with Crippen LogP contribution in [0.3, 0.4) is 0 Å². The van der Waals surface area contributed by atoms with Gasteiger partial charge in [-0.05, 0) is 36.8 Å². The molecule has 0 amide bonds. The smallest absolute Gasteiger partial charge is 0.0603 e. The van der Waals surface area contributed by atoms with Gasteiger partial charge in [-0.3, -0.25) is 0 Å². The molecule has 18 heavy (non-hydrogen) atoms. The molecule has 1 aromatic rings. The maximum absolute atomic E-state index is 9.90. The van der Waals surface area contributed by atoms with Crippen LogP contribution in [0.5, 0.6) is 0 Å². The summed E-state index contributed by atoms with van der Waals surface area (Å²) in [5.74, 6) is 0.665. The molecule has 1 N–H and O–H groups in total. The SMILES string of the molecule is CC(C)CCOCCC(O)Cc1ccccc1Cl. The van der Waals surface area contributed by atoms with Gasteiger partial charge < -0.3 is 9.84 Å². The van der Waals surface area contributed by atoms with E-state index in [2.05, 4.69) is 13.8 Å². The summed E-state index contributed by atoms with van der Waals surface area (Å²) >= 11 is 6.04. The summed E-state index contributed by atoms with van der Waals surface area (Å²) in [6.07, 6.45) is 1.93. The number of benzene rings is 1. The van der Waals surface area contributed by atoms with Crippen molar-refractivity contribution in [1.82, 2.24) is 0 Å². The first-order valence-electron chi connectivity index (χ1n) is 6.58. The van der Waals surface area contributed by atoms with Gasteiger partial charge in [-0.1, -0.05) is 43.6 Å². The molecule has 2 nitrogen and oxygen atoms in total. The summed E-state index contributed by atoms with van der Waals surface area (Å²) in [7, 11) is 0. The monoisotopic (exact) mass is 270 g/mol. The molecule has 1 unspecified atom stereocenters. The van der Waals surface area contributed by atoms with Crippen LogP contribution in [0.2, 0.25) is 5.02 Å². The average molecular weight is 271 g/mol. The molecule has 0 aliphatic heterocycles. The standard InChI is InChI=1S/C15H23ClO2/c1-12(2)7-9-18-10-8-14(17)11-13-5-3-4-6-15(13)16/h3-6,12,14,17H,7-11H2,1-2H3. The lowest BCUT2D eigenvalue weighted by Gasteiger charge is -2.12. The zero-order valence-electron chi connectivity index (χ0n) is 11.2. The maximum atomic E-state index is 9.90. The van der Waals surface area contributed by atoms with Gasteiger partial charge in [0.25, 0.3) is 0 Å². The predicted octanol–water partition coefficient (Wildman–Crippen LogP) is 3.70. The van der Waals surface area contributed by atoms with Crippen LogP contribution in [0, 0.1) is 5.92 Å². The van der Waals surface area contributed by atoms with Crippen molar-refractivity contribution in [3.63, 3.8) is 0 Å². The Labute approximate surface area is 115 Å². The molecule has 1 atom stereocenters. The Morgan fingerprint density at radius 1 is 1.17 bits per heavy atom. The molecule has 0 saturated carbocycles. The first-order valence-corrected chi connectivity index (χ1v) is 6.96. The van der Waals surface area contributed by atoms with Gasteiger partial charge in [-0.25, -0.2) is 0 Å². The van der Waals surface area contributed by atoms with Crippen molar-refractivity contribution in [2.75, 3.05) is 13.2 Å². The third-order valence-corrected chi connectivity index (χ3v) is 3.22. The van der Waals surface area contributed by atoms with E-state index in [4.69, 9.17) is 16.3 Å². The molecule has 0 heterocycles. The molecule has 102 valence electrons. The molecular formula is C15H23ClO2. The van der Waals surface area contributed by atoms with Crippen LogP contribution in [0.25, 0.3) is 0 Å². The first-order chi connectivity index (χ1) is 8.59. The Kier molecular flexibility index (Phi) is 7.33. The van der Waals surface area contributed by atoms with Crippen molar-refractivity contribution >= 4 is 11.6 Å². The lowest BCUT2D eigenvalue weighted by Crippen LogP contribution is -2.14. The normalized spacial score (nSPS) is 12.9. The van der Waals surface area contributed by atoms with Crippen LogP contribution in [-0.4, -0.2) is 24.4 Å². The van der Waals surface area contributed by atoms with Crippen LogP contribution in [0.1, 0.15) is 32.3 Å². The summed E-state index contributed by atoms with van der Waals surface area (Å²) in [6, 6.07) is 7.63. The molecule has 0 bridgehead atoms. The van der Waals surface area contributed by atoms with Gasteiger partial charge in [0.1, 0.15) is 0 Å². The average Bonchev–Trinajstić information content (AvgIpc) is 2.31. The van der Waals surface area contributed by atoms with E-state index in [1.807, 2.05) is 24.3 Å². The Balaban J connectivity index is 2.18. The fourth-order valence-corrected chi connectivity index (χ4v) is 1.87. The summed E-state index contributed by atoms with van der Waals surface area (Å²) < 4.78 is 5.49. The Hall–Kier alpha value is -0.570. The maximum Gasteiger partial charge on any atom is 0.0603 e. The van der Waals surface area contributed by atoms with E-state index in [0.29, 0.717) is 25.4 Å². The van der Waals surface area contributed by atoms with Crippen LogP contribution in [0.4, 0.5) is 0 Å². The number of ether oxygens (including phenoxy) is 1. The number of hydrogen-bond acceptors (Lipinski definition) is 2. The minimum Gasteiger partial charge on any atom is -0.393 e. The zero-order chi connectivity index (χ0) is 13.4. The molecule has 0 aliphatic rings. The topological polar surface area (TPSA) is 29.5 Å². The molecule has 1 aromatic carbocycles. The number of halogens is 1. The number of rotatable bonds is 8. The zero-order valence-corrected chi connectivity index (χ0v) is 12.0. The highest BCUT2D eigenvalue weighted by molar-refractivity contribution is 6.31. The Morgan fingerprint density at radius 3 is 2.50 bits per heavy atom. The third kappa shape index (κ3) is 6.39. The van der Waals surface area contributed by atoms with Crippen LogP contribution < -0.4 is 0 Å². The summed E-state index contributed by atoms with van der Waals surface area (Å²) in [4.78, 5) is 0. The van der Waals surface area contributed by atoms with Crippen LogP contribution >= 0.6 is 11.6 Å². The quantitative estimate of drug-likeness (QED) is 0.730. The molecule has 1 rings (SSSR count).